The molecule has 0 saturated carbocycles. The van der Waals surface area contributed by atoms with Crippen molar-refractivity contribution in [2.75, 3.05) is 13.1 Å². The van der Waals surface area contributed by atoms with Crippen LogP contribution in [0.2, 0.25) is 0 Å². The molecule has 0 aromatic heterocycles. The second-order valence-corrected chi connectivity index (χ2v) is 6.33. The fraction of sp³-hybridized carbons (Fsp3) is 0.647. The number of rotatable bonds is 3. The molecule has 2 saturated heterocycles. The highest BCUT2D eigenvalue weighted by atomic mass is 19.1. The third kappa shape index (κ3) is 2.61. The van der Waals surface area contributed by atoms with Gasteiger partial charge in [0.1, 0.15) is 5.82 Å². The van der Waals surface area contributed by atoms with Gasteiger partial charge >= 0.3 is 0 Å². The highest BCUT2D eigenvalue weighted by Gasteiger charge is 2.35. The summed E-state index contributed by atoms with van der Waals surface area (Å²) in [7, 11) is 0. The molecule has 0 bridgehead atoms. The van der Waals surface area contributed by atoms with Crippen molar-refractivity contribution in [1.82, 2.24) is 10.2 Å². The quantitative estimate of drug-likeness (QED) is 0.910. The molecule has 1 aromatic rings. The fourth-order valence-electron chi connectivity index (χ4n) is 3.83. The zero-order valence-corrected chi connectivity index (χ0v) is 12.5. The minimum atomic E-state index is -0.0795. The van der Waals surface area contributed by atoms with Crippen LogP contribution < -0.4 is 5.32 Å². The fourth-order valence-corrected chi connectivity index (χ4v) is 3.83. The van der Waals surface area contributed by atoms with E-state index in [1.54, 1.807) is 6.07 Å². The molecule has 0 amide bonds. The van der Waals surface area contributed by atoms with Gasteiger partial charge in [-0.15, -0.1) is 0 Å². The molecule has 3 unspecified atom stereocenters. The van der Waals surface area contributed by atoms with E-state index in [0.717, 1.165) is 24.2 Å². The number of aryl methyl sites for hydroxylation is 1. The maximum Gasteiger partial charge on any atom is 0.126 e. The number of hydrogen-bond donors (Lipinski definition) is 1. The van der Waals surface area contributed by atoms with Gasteiger partial charge in [-0.25, -0.2) is 4.39 Å². The van der Waals surface area contributed by atoms with E-state index in [4.69, 9.17) is 0 Å². The molecule has 3 atom stereocenters. The van der Waals surface area contributed by atoms with Crippen LogP contribution in [0.15, 0.2) is 18.2 Å². The molecular weight excluding hydrogens is 251 g/mol. The molecule has 0 spiro atoms. The average molecular weight is 276 g/mol. The average Bonchev–Trinajstić information content (AvgIpc) is 3.10. The lowest BCUT2D eigenvalue weighted by Crippen LogP contribution is -2.44. The van der Waals surface area contributed by atoms with Crippen LogP contribution in [0.3, 0.4) is 0 Å². The number of halogens is 1. The van der Waals surface area contributed by atoms with E-state index in [9.17, 15) is 4.39 Å². The van der Waals surface area contributed by atoms with Crippen molar-refractivity contribution in [2.45, 2.75) is 57.7 Å². The highest BCUT2D eigenvalue weighted by Crippen LogP contribution is 2.33. The molecule has 1 aromatic carbocycles. The Morgan fingerprint density at radius 1 is 1.30 bits per heavy atom. The lowest BCUT2D eigenvalue weighted by atomic mass is 10.00. The minimum Gasteiger partial charge on any atom is -0.312 e. The number of benzene rings is 1. The number of hydrogen-bond acceptors (Lipinski definition) is 2. The monoisotopic (exact) mass is 276 g/mol. The molecule has 3 rings (SSSR count). The van der Waals surface area contributed by atoms with E-state index >= 15 is 0 Å². The maximum absolute atomic E-state index is 13.8. The Morgan fingerprint density at radius 2 is 2.15 bits per heavy atom. The molecule has 2 heterocycles. The van der Waals surface area contributed by atoms with Crippen molar-refractivity contribution in [3.05, 3.63) is 35.1 Å². The molecule has 2 aliphatic heterocycles. The first-order chi connectivity index (χ1) is 9.66. The van der Waals surface area contributed by atoms with Gasteiger partial charge in [0.2, 0.25) is 0 Å². The molecular formula is C17H25FN2. The first kappa shape index (κ1) is 14.0. The SMILES string of the molecule is Cc1ccc(C(C)N2CCCC2C2CCCN2)cc1F. The minimum absolute atomic E-state index is 0.0795. The van der Waals surface area contributed by atoms with Gasteiger partial charge < -0.3 is 5.32 Å². The summed E-state index contributed by atoms with van der Waals surface area (Å²) in [6, 6.07) is 7.27. The molecule has 0 radical (unpaired) electrons. The lowest BCUT2D eigenvalue weighted by Gasteiger charge is -2.34. The van der Waals surface area contributed by atoms with E-state index in [1.165, 1.54) is 25.7 Å². The van der Waals surface area contributed by atoms with Gasteiger partial charge in [0, 0.05) is 18.1 Å². The molecule has 110 valence electrons. The zero-order valence-electron chi connectivity index (χ0n) is 12.5. The first-order valence-electron chi connectivity index (χ1n) is 7.92. The largest absolute Gasteiger partial charge is 0.312 e. The number of nitrogens with zero attached hydrogens (tertiary/aromatic N) is 1. The summed E-state index contributed by atoms with van der Waals surface area (Å²) in [6.07, 6.45) is 5.12. The summed E-state index contributed by atoms with van der Waals surface area (Å²) in [5.41, 5.74) is 1.84. The summed E-state index contributed by atoms with van der Waals surface area (Å²) in [5.74, 6) is -0.0795. The van der Waals surface area contributed by atoms with Gasteiger partial charge in [0.25, 0.3) is 0 Å². The van der Waals surface area contributed by atoms with Crippen molar-refractivity contribution in [3.8, 4) is 0 Å². The Bertz CT molecular complexity index is 468. The van der Waals surface area contributed by atoms with E-state index in [1.807, 2.05) is 13.0 Å². The second-order valence-electron chi connectivity index (χ2n) is 6.33. The Morgan fingerprint density at radius 3 is 2.85 bits per heavy atom. The van der Waals surface area contributed by atoms with E-state index < -0.39 is 0 Å². The van der Waals surface area contributed by atoms with Gasteiger partial charge in [-0.3, -0.25) is 4.90 Å². The van der Waals surface area contributed by atoms with Crippen molar-refractivity contribution in [2.24, 2.45) is 0 Å². The van der Waals surface area contributed by atoms with Crippen LogP contribution in [-0.4, -0.2) is 30.1 Å². The van der Waals surface area contributed by atoms with Gasteiger partial charge in [-0.1, -0.05) is 12.1 Å². The van der Waals surface area contributed by atoms with E-state index in [-0.39, 0.29) is 5.82 Å². The Kier molecular flexibility index (Phi) is 4.08. The van der Waals surface area contributed by atoms with Crippen LogP contribution in [-0.2, 0) is 0 Å². The predicted molar refractivity (Wildman–Crippen MR) is 80.3 cm³/mol. The lowest BCUT2D eigenvalue weighted by molar-refractivity contribution is 0.163. The summed E-state index contributed by atoms with van der Waals surface area (Å²) >= 11 is 0. The van der Waals surface area contributed by atoms with Crippen LogP contribution >= 0.6 is 0 Å². The van der Waals surface area contributed by atoms with Crippen molar-refractivity contribution in [1.29, 1.82) is 0 Å². The first-order valence-corrected chi connectivity index (χ1v) is 7.92. The number of likely N-dealkylation sites (tertiary alicyclic amines) is 1. The number of nitrogens with one attached hydrogen (secondary N) is 1. The molecule has 1 N–H and O–H groups in total. The second kappa shape index (κ2) is 5.82. The normalized spacial score (nSPS) is 28.9. The molecule has 20 heavy (non-hydrogen) atoms. The maximum atomic E-state index is 13.8. The Balaban J connectivity index is 1.77. The van der Waals surface area contributed by atoms with Gasteiger partial charge in [0.15, 0.2) is 0 Å². The summed E-state index contributed by atoms with van der Waals surface area (Å²) in [6.45, 7) is 6.34. The van der Waals surface area contributed by atoms with E-state index in [2.05, 4.69) is 23.2 Å². The standard InChI is InChI=1S/C17H25FN2/c1-12-7-8-14(11-15(12)18)13(2)20-10-4-6-17(20)16-5-3-9-19-16/h7-8,11,13,16-17,19H,3-6,9-10H2,1-2H3. The van der Waals surface area contributed by atoms with Crippen molar-refractivity contribution in [3.63, 3.8) is 0 Å². The van der Waals surface area contributed by atoms with Crippen LogP contribution in [0, 0.1) is 12.7 Å². The molecule has 0 aliphatic carbocycles. The third-order valence-corrected chi connectivity index (χ3v) is 5.08. The van der Waals surface area contributed by atoms with Crippen LogP contribution in [0.1, 0.15) is 49.8 Å². The van der Waals surface area contributed by atoms with Crippen LogP contribution in [0.4, 0.5) is 4.39 Å². The summed E-state index contributed by atoms with van der Waals surface area (Å²) in [4.78, 5) is 2.58. The molecule has 3 heteroatoms. The predicted octanol–water partition coefficient (Wildman–Crippen LogP) is 3.41. The summed E-state index contributed by atoms with van der Waals surface area (Å²) < 4.78 is 13.8. The van der Waals surface area contributed by atoms with Gasteiger partial charge in [0.05, 0.1) is 0 Å². The van der Waals surface area contributed by atoms with E-state index in [0.29, 0.717) is 18.1 Å². The van der Waals surface area contributed by atoms with Gasteiger partial charge in [-0.2, -0.15) is 0 Å². The Hall–Kier alpha value is -0.930. The van der Waals surface area contributed by atoms with Gasteiger partial charge in [-0.05, 0) is 69.8 Å². The van der Waals surface area contributed by atoms with Crippen LogP contribution in [0.5, 0.6) is 0 Å². The third-order valence-electron chi connectivity index (χ3n) is 5.08. The van der Waals surface area contributed by atoms with Crippen molar-refractivity contribution < 1.29 is 4.39 Å². The van der Waals surface area contributed by atoms with Crippen molar-refractivity contribution >= 4 is 0 Å². The highest BCUT2D eigenvalue weighted by molar-refractivity contribution is 5.26. The topological polar surface area (TPSA) is 15.3 Å². The summed E-state index contributed by atoms with van der Waals surface area (Å²) in [5, 5.41) is 3.64. The smallest absolute Gasteiger partial charge is 0.126 e. The molecule has 2 fully saturated rings. The molecule has 2 nitrogen and oxygen atoms in total. The van der Waals surface area contributed by atoms with Crippen LogP contribution in [0.25, 0.3) is 0 Å². The molecule has 2 aliphatic rings. The zero-order chi connectivity index (χ0) is 14.1. The Labute approximate surface area is 121 Å².